The molecule has 0 aliphatic rings. The van der Waals surface area contributed by atoms with Gasteiger partial charge in [0.05, 0.1) is 11.4 Å². The van der Waals surface area contributed by atoms with Crippen LogP contribution >= 0.6 is 11.8 Å². The average Bonchev–Trinajstić information content (AvgIpc) is 3.18. The Balaban J connectivity index is 1.93. The first kappa shape index (κ1) is 18.9. The zero-order valence-electron chi connectivity index (χ0n) is 15.1. The predicted octanol–water partition coefficient (Wildman–Crippen LogP) is 2.60. The van der Waals surface area contributed by atoms with Crippen molar-refractivity contribution in [1.29, 1.82) is 0 Å². The lowest BCUT2D eigenvalue weighted by atomic mass is 10.1. The van der Waals surface area contributed by atoms with Crippen LogP contribution in [0.15, 0.2) is 70.7 Å². The minimum absolute atomic E-state index is 0.0270. The van der Waals surface area contributed by atoms with Crippen LogP contribution < -0.4 is 16.8 Å². The average molecular weight is 409 g/mol. The summed E-state index contributed by atoms with van der Waals surface area (Å²) in [7, 11) is 0. The van der Waals surface area contributed by atoms with Gasteiger partial charge < -0.3 is 4.98 Å². The Morgan fingerprint density at radius 1 is 1.17 bits per heavy atom. The maximum absolute atomic E-state index is 13.4. The lowest BCUT2D eigenvalue weighted by Crippen LogP contribution is -2.32. The molecule has 2 aromatic carbocycles. The van der Waals surface area contributed by atoms with Gasteiger partial charge in [-0.25, -0.2) is 15.2 Å². The summed E-state index contributed by atoms with van der Waals surface area (Å²) in [5.41, 5.74) is 4.64. The highest BCUT2D eigenvalue weighted by Crippen LogP contribution is 2.28. The van der Waals surface area contributed by atoms with Crippen molar-refractivity contribution in [2.75, 3.05) is 5.75 Å². The number of aromatic amines is 1. The van der Waals surface area contributed by atoms with E-state index in [-0.39, 0.29) is 11.3 Å². The maximum atomic E-state index is 13.4. The second-order valence-corrected chi connectivity index (χ2v) is 7.10. The Morgan fingerprint density at radius 2 is 1.90 bits per heavy atom. The molecule has 0 unspecified atom stereocenters. The predicted molar refractivity (Wildman–Crippen MR) is 110 cm³/mol. The number of carbonyl (C=O) groups is 1. The van der Waals surface area contributed by atoms with Crippen LogP contribution in [0.25, 0.3) is 27.8 Å². The summed E-state index contributed by atoms with van der Waals surface area (Å²) in [5.74, 6) is 4.30. The van der Waals surface area contributed by atoms with E-state index in [0.29, 0.717) is 21.9 Å². The number of rotatable bonds is 5. The molecule has 0 spiro atoms. The molecular weight excluding hydrogens is 393 g/mol. The van der Waals surface area contributed by atoms with Crippen molar-refractivity contribution >= 4 is 28.7 Å². The quantitative estimate of drug-likeness (QED) is 0.154. The fraction of sp³-hybridized carbons (Fsp3) is 0.0500. The number of H-pyrrole nitrogens is 1. The molecule has 9 heteroatoms. The third-order valence-corrected chi connectivity index (χ3v) is 5.27. The molecule has 2 aromatic heterocycles. The smallest absolute Gasteiger partial charge is 0.283 e. The first-order valence-corrected chi connectivity index (χ1v) is 9.65. The van der Waals surface area contributed by atoms with E-state index in [0.717, 1.165) is 22.9 Å². The molecule has 146 valence electrons. The first-order chi connectivity index (χ1) is 14.1. The molecule has 7 nitrogen and oxygen atoms in total. The van der Waals surface area contributed by atoms with Gasteiger partial charge in [-0.2, -0.15) is 0 Å². The van der Waals surface area contributed by atoms with Gasteiger partial charge in [0, 0.05) is 11.8 Å². The molecule has 0 atom stereocenters. The van der Waals surface area contributed by atoms with E-state index in [2.05, 4.69) is 15.4 Å². The van der Waals surface area contributed by atoms with Crippen molar-refractivity contribution in [1.82, 2.24) is 20.0 Å². The van der Waals surface area contributed by atoms with Crippen LogP contribution in [0, 0.1) is 5.82 Å². The number of fused-ring (bicyclic) bond motifs is 1. The fourth-order valence-electron chi connectivity index (χ4n) is 2.96. The van der Waals surface area contributed by atoms with Crippen LogP contribution in [0.5, 0.6) is 0 Å². The number of hydrogen-bond donors (Lipinski definition) is 3. The second kappa shape index (κ2) is 7.90. The van der Waals surface area contributed by atoms with Crippen molar-refractivity contribution in [3.63, 3.8) is 0 Å². The van der Waals surface area contributed by atoms with E-state index >= 15 is 0 Å². The molecule has 0 saturated carbocycles. The molecule has 4 aromatic rings. The van der Waals surface area contributed by atoms with Crippen LogP contribution in [0.3, 0.4) is 0 Å². The van der Waals surface area contributed by atoms with Gasteiger partial charge in [-0.3, -0.25) is 19.6 Å². The first-order valence-electron chi connectivity index (χ1n) is 8.66. The van der Waals surface area contributed by atoms with Gasteiger partial charge in [-0.15, -0.1) is 0 Å². The number of hydrogen-bond acceptors (Lipinski definition) is 5. The summed E-state index contributed by atoms with van der Waals surface area (Å²) in [6.45, 7) is 0. The van der Waals surface area contributed by atoms with Crippen molar-refractivity contribution < 1.29 is 9.18 Å². The highest BCUT2D eigenvalue weighted by Gasteiger charge is 2.18. The Hall–Kier alpha value is -3.43. The Bertz CT molecular complexity index is 1240. The van der Waals surface area contributed by atoms with Crippen molar-refractivity contribution in [2.45, 2.75) is 5.16 Å². The lowest BCUT2D eigenvalue weighted by Gasteiger charge is -2.12. The number of nitrogens with two attached hydrogens (primary N) is 1. The van der Waals surface area contributed by atoms with Crippen LogP contribution in [-0.4, -0.2) is 26.2 Å². The van der Waals surface area contributed by atoms with Crippen LogP contribution in [-0.2, 0) is 4.79 Å². The fourth-order valence-corrected chi connectivity index (χ4v) is 3.78. The molecule has 0 fully saturated rings. The summed E-state index contributed by atoms with van der Waals surface area (Å²) in [5, 5.41) is 0.300. The third-order valence-electron chi connectivity index (χ3n) is 4.33. The number of carbonyl (C=O) groups excluding carboxylic acids is 1. The summed E-state index contributed by atoms with van der Waals surface area (Å²) >= 11 is 1.07. The second-order valence-electron chi connectivity index (χ2n) is 6.16. The van der Waals surface area contributed by atoms with Crippen LogP contribution in [0.4, 0.5) is 4.39 Å². The largest absolute Gasteiger partial charge is 0.355 e. The number of amides is 1. The van der Waals surface area contributed by atoms with Gasteiger partial charge in [0.1, 0.15) is 16.9 Å². The summed E-state index contributed by atoms with van der Waals surface area (Å²) in [4.78, 5) is 32.5. The summed E-state index contributed by atoms with van der Waals surface area (Å²) in [6.07, 6.45) is 1.73. The molecule has 0 bridgehead atoms. The standard InChI is InChI=1S/C20H16FN5O2S/c21-13-6-8-14(9-7-13)26-19(28)18-17(24-20(26)29-11-16(27)25-22)15(10-23-18)12-4-2-1-3-5-12/h1-10,23H,11,22H2,(H,25,27). The molecule has 4 N–H and O–H groups in total. The Kier molecular flexibility index (Phi) is 5.15. The molecule has 29 heavy (non-hydrogen) atoms. The van der Waals surface area contributed by atoms with E-state index in [4.69, 9.17) is 5.84 Å². The third kappa shape index (κ3) is 3.65. The number of nitrogens with one attached hydrogen (secondary N) is 2. The number of hydrazine groups is 1. The summed E-state index contributed by atoms with van der Waals surface area (Å²) in [6, 6.07) is 15.0. The number of benzene rings is 2. The number of aromatic nitrogens is 3. The molecule has 1 amide bonds. The minimum Gasteiger partial charge on any atom is -0.355 e. The molecule has 2 heterocycles. The monoisotopic (exact) mass is 409 g/mol. The van der Waals surface area contributed by atoms with Gasteiger partial charge >= 0.3 is 0 Å². The van der Waals surface area contributed by atoms with E-state index < -0.39 is 11.7 Å². The van der Waals surface area contributed by atoms with Crippen molar-refractivity contribution in [3.8, 4) is 16.8 Å². The van der Waals surface area contributed by atoms with Crippen molar-refractivity contribution in [3.05, 3.63) is 77.0 Å². The van der Waals surface area contributed by atoms with Gasteiger partial charge in [-0.05, 0) is 29.8 Å². The Labute approximate surface area is 168 Å². The summed E-state index contributed by atoms with van der Waals surface area (Å²) < 4.78 is 14.7. The number of nitrogens with zero attached hydrogens (tertiary/aromatic N) is 2. The van der Waals surface area contributed by atoms with Crippen LogP contribution in [0.1, 0.15) is 0 Å². The lowest BCUT2D eigenvalue weighted by molar-refractivity contribution is -0.118. The van der Waals surface area contributed by atoms with E-state index in [9.17, 15) is 14.0 Å². The number of thioether (sulfide) groups is 1. The Morgan fingerprint density at radius 3 is 2.59 bits per heavy atom. The van der Waals surface area contributed by atoms with Crippen molar-refractivity contribution in [2.24, 2.45) is 5.84 Å². The van der Waals surface area contributed by atoms with Gasteiger partial charge in [0.15, 0.2) is 5.16 Å². The molecule has 0 radical (unpaired) electrons. The minimum atomic E-state index is -0.418. The maximum Gasteiger partial charge on any atom is 0.283 e. The number of halogens is 1. The van der Waals surface area contributed by atoms with E-state index in [1.54, 1.807) is 6.20 Å². The highest BCUT2D eigenvalue weighted by atomic mass is 32.2. The molecule has 0 aliphatic carbocycles. The molecule has 4 rings (SSSR count). The molecule has 0 saturated heterocycles. The van der Waals surface area contributed by atoms with Crippen LogP contribution in [0.2, 0.25) is 0 Å². The molecule has 0 aliphatic heterocycles. The zero-order valence-corrected chi connectivity index (χ0v) is 15.9. The normalized spacial score (nSPS) is 11.0. The van der Waals surface area contributed by atoms with E-state index in [1.165, 1.54) is 28.8 Å². The van der Waals surface area contributed by atoms with Gasteiger partial charge in [0.25, 0.3) is 5.56 Å². The molecular formula is C20H16FN5O2S. The highest BCUT2D eigenvalue weighted by molar-refractivity contribution is 7.99. The van der Waals surface area contributed by atoms with E-state index in [1.807, 2.05) is 30.3 Å². The topological polar surface area (TPSA) is 106 Å². The zero-order chi connectivity index (χ0) is 20.4. The van der Waals surface area contributed by atoms with Gasteiger partial charge in [-0.1, -0.05) is 42.1 Å². The van der Waals surface area contributed by atoms with Gasteiger partial charge in [0.2, 0.25) is 5.91 Å². The SMILES string of the molecule is NNC(=O)CSc1nc2c(-c3ccccc3)c[nH]c2c(=O)n1-c1ccc(F)cc1.